The minimum absolute atomic E-state index is 1.00. The van der Waals surface area contributed by atoms with Gasteiger partial charge in [-0.2, -0.15) is 0 Å². The number of rotatable bonds is 1. The highest BCUT2D eigenvalue weighted by Gasteiger charge is 2.06. The fourth-order valence-corrected chi connectivity index (χ4v) is 2.31. The number of allylic oxidation sites excluding steroid dienone is 3. The molecule has 0 spiro atoms. The highest BCUT2D eigenvalue weighted by Crippen LogP contribution is 2.20. The Kier molecular flexibility index (Phi) is 4.43. The number of hydrogen-bond donors (Lipinski definition) is 0. The van der Waals surface area contributed by atoms with E-state index in [1.807, 2.05) is 6.26 Å². The van der Waals surface area contributed by atoms with Gasteiger partial charge in [-0.25, -0.2) is 0 Å². The molecule has 0 aromatic heterocycles. The molecule has 0 aliphatic heterocycles. The second-order valence-electron chi connectivity index (χ2n) is 4.53. The van der Waals surface area contributed by atoms with E-state index in [0.29, 0.717) is 0 Å². The van der Waals surface area contributed by atoms with Gasteiger partial charge in [-0.1, -0.05) is 36.4 Å². The quantitative estimate of drug-likeness (QED) is 0.520. The highest BCUT2D eigenvalue weighted by molar-refractivity contribution is 5.31. The third-order valence-corrected chi connectivity index (χ3v) is 3.18. The van der Waals surface area contributed by atoms with Crippen LogP contribution in [0.1, 0.15) is 30.4 Å². The number of methoxy groups -OCH3 is 1. The van der Waals surface area contributed by atoms with Crippen LogP contribution in [0.3, 0.4) is 0 Å². The van der Waals surface area contributed by atoms with Crippen LogP contribution < -0.4 is 0 Å². The van der Waals surface area contributed by atoms with Gasteiger partial charge in [0, 0.05) is 0 Å². The molecule has 1 aromatic rings. The van der Waals surface area contributed by atoms with Crippen LogP contribution in [0.4, 0.5) is 0 Å². The van der Waals surface area contributed by atoms with Gasteiger partial charge in [0.15, 0.2) is 0 Å². The average molecular weight is 228 g/mol. The van der Waals surface area contributed by atoms with Crippen LogP contribution in [0.25, 0.3) is 0 Å². The van der Waals surface area contributed by atoms with Crippen molar-refractivity contribution >= 4 is 0 Å². The van der Waals surface area contributed by atoms with Crippen LogP contribution in [0.15, 0.2) is 48.3 Å². The monoisotopic (exact) mass is 228 g/mol. The zero-order chi connectivity index (χ0) is 11.9. The van der Waals surface area contributed by atoms with E-state index in [0.717, 1.165) is 12.8 Å². The normalized spacial score (nSPS) is 20.6. The van der Waals surface area contributed by atoms with Crippen LogP contribution in [-0.4, -0.2) is 7.11 Å². The predicted molar refractivity (Wildman–Crippen MR) is 71.9 cm³/mol. The van der Waals surface area contributed by atoms with Crippen LogP contribution in [0.2, 0.25) is 0 Å². The summed E-state index contributed by atoms with van der Waals surface area (Å²) in [5, 5.41) is 0. The molecule has 0 N–H and O–H groups in total. The van der Waals surface area contributed by atoms with Gasteiger partial charge in [-0.05, 0) is 48.8 Å². The molecule has 1 heteroatoms. The van der Waals surface area contributed by atoms with Crippen molar-refractivity contribution in [3.63, 3.8) is 0 Å². The first-order valence-electron chi connectivity index (χ1n) is 6.32. The van der Waals surface area contributed by atoms with E-state index >= 15 is 0 Å². The van der Waals surface area contributed by atoms with Crippen LogP contribution in [0, 0.1) is 0 Å². The van der Waals surface area contributed by atoms with Crippen molar-refractivity contribution in [2.75, 3.05) is 7.11 Å². The van der Waals surface area contributed by atoms with Gasteiger partial charge in [-0.15, -0.1) is 0 Å². The molecule has 0 heterocycles. The van der Waals surface area contributed by atoms with Crippen molar-refractivity contribution in [3.8, 4) is 0 Å². The van der Waals surface area contributed by atoms with Gasteiger partial charge in [-0.3, -0.25) is 0 Å². The van der Waals surface area contributed by atoms with Crippen LogP contribution in [-0.2, 0) is 17.6 Å². The number of ether oxygens (including phenoxy) is 1. The molecule has 1 nitrogen and oxygen atoms in total. The Morgan fingerprint density at radius 3 is 2.76 bits per heavy atom. The molecule has 2 rings (SSSR count). The molecule has 0 atom stereocenters. The Morgan fingerprint density at radius 2 is 1.94 bits per heavy atom. The third kappa shape index (κ3) is 3.48. The van der Waals surface area contributed by atoms with E-state index in [4.69, 9.17) is 4.74 Å². The van der Waals surface area contributed by atoms with E-state index < -0.39 is 0 Å². The van der Waals surface area contributed by atoms with E-state index in [-0.39, 0.29) is 0 Å². The van der Waals surface area contributed by atoms with Gasteiger partial charge in [0.25, 0.3) is 0 Å². The molecule has 0 saturated carbocycles. The van der Waals surface area contributed by atoms with Crippen LogP contribution >= 0.6 is 0 Å². The zero-order valence-electron chi connectivity index (χ0n) is 10.5. The molecule has 0 bridgehead atoms. The Hall–Kier alpha value is -1.50. The average Bonchev–Trinajstić information content (AvgIpc) is 2.36. The second kappa shape index (κ2) is 6.29. The maximum atomic E-state index is 5.17. The lowest BCUT2D eigenvalue weighted by atomic mass is 9.94. The summed E-state index contributed by atoms with van der Waals surface area (Å²) >= 11 is 0. The molecule has 0 fully saturated rings. The van der Waals surface area contributed by atoms with Crippen molar-refractivity contribution < 1.29 is 4.74 Å². The molecule has 1 aliphatic rings. The van der Waals surface area contributed by atoms with Gasteiger partial charge in [0.1, 0.15) is 0 Å². The first-order valence-corrected chi connectivity index (χ1v) is 6.32. The summed E-state index contributed by atoms with van der Waals surface area (Å²) in [6.07, 6.45) is 12.1. The molecular weight excluding hydrogens is 208 g/mol. The Balaban J connectivity index is 2.25. The summed E-state index contributed by atoms with van der Waals surface area (Å²) < 4.78 is 5.17. The largest absolute Gasteiger partial charge is 0.504 e. The second-order valence-corrected chi connectivity index (χ2v) is 4.53. The van der Waals surface area contributed by atoms with E-state index in [2.05, 4.69) is 36.4 Å². The standard InChI is InChI=1S/C16H20O/c1-17-13-14-8-4-2-3-5-9-15-10-6-7-11-16(15)12-14/h2,4,6-7,10-11,13H,3,5,8-9,12H2,1H3/b4-2-,14-13+. The zero-order valence-corrected chi connectivity index (χ0v) is 10.5. The summed E-state index contributed by atoms with van der Waals surface area (Å²) in [7, 11) is 1.72. The minimum atomic E-state index is 1.00. The maximum Gasteiger partial charge on any atom is 0.0823 e. The summed E-state index contributed by atoms with van der Waals surface area (Å²) in [4.78, 5) is 0. The molecule has 1 aliphatic carbocycles. The van der Waals surface area contributed by atoms with Gasteiger partial charge in [0.05, 0.1) is 13.4 Å². The molecule has 17 heavy (non-hydrogen) atoms. The fraction of sp³-hybridized carbons (Fsp3) is 0.375. The summed E-state index contributed by atoms with van der Waals surface area (Å²) in [6.45, 7) is 0. The molecule has 90 valence electrons. The van der Waals surface area contributed by atoms with E-state index in [9.17, 15) is 0 Å². The van der Waals surface area contributed by atoms with Crippen molar-refractivity contribution in [2.24, 2.45) is 0 Å². The Labute approximate surface area is 104 Å². The fourth-order valence-electron chi connectivity index (χ4n) is 2.31. The number of fused-ring (bicyclic) bond motifs is 1. The molecule has 0 saturated heterocycles. The molecule has 0 unspecified atom stereocenters. The third-order valence-electron chi connectivity index (χ3n) is 3.18. The van der Waals surface area contributed by atoms with Crippen molar-refractivity contribution in [1.82, 2.24) is 0 Å². The first-order chi connectivity index (χ1) is 8.40. The number of aryl methyl sites for hydroxylation is 1. The van der Waals surface area contributed by atoms with E-state index in [1.54, 1.807) is 7.11 Å². The lowest BCUT2D eigenvalue weighted by Gasteiger charge is -2.12. The number of benzene rings is 1. The molecule has 0 radical (unpaired) electrons. The van der Waals surface area contributed by atoms with E-state index in [1.165, 1.54) is 36.0 Å². The lowest BCUT2D eigenvalue weighted by molar-refractivity contribution is 0.332. The Bertz CT molecular complexity index is 415. The molecular formula is C16H20O. The summed E-state index contributed by atoms with van der Waals surface area (Å²) in [6, 6.07) is 8.76. The maximum absolute atomic E-state index is 5.17. The minimum Gasteiger partial charge on any atom is -0.504 e. The SMILES string of the molecule is CO/C=C1\C/C=C\CCCc2ccccc2C1. The van der Waals surface area contributed by atoms with Crippen LogP contribution in [0.5, 0.6) is 0 Å². The van der Waals surface area contributed by atoms with Gasteiger partial charge in [0.2, 0.25) is 0 Å². The van der Waals surface area contributed by atoms with Gasteiger partial charge < -0.3 is 4.74 Å². The van der Waals surface area contributed by atoms with Crippen molar-refractivity contribution in [1.29, 1.82) is 0 Å². The lowest BCUT2D eigenvalue weighted by Crippen LogP contribution is -1.98. The molecule has 0 amide bonds. The van der Waals surface area contributed by atoms with Crippen molar-refractivity contribution in [2.45, 2.75) is 32.1 Å². The predicted octanol–water partition coefficient (Wildman–Crippen LogP) is 4.04. The highest BCUT2D eigenvalue weighted by atomic mass is 16.5. The number of hydrogen-bond acceptors (Lipinski definition) is 1. The summed E-state index contributed by atoms with van der Waals surface area (Å²) in [5.74, 6) is 0. The Morgan fingerprint density at radius 1 is 1.12 bits per heavy atom. The van der Waals surface area contributed by atoms with Gasteiger partial charge >= 0.3 is 0 Å². The van der Waals surface area contributed by atoms with Crippen molar-refractivity contribution in [3.05, 3.63) is 59.4 Å². The first kappa shape index (κ1) is 12.0. The topological polar surface area (TPSA) is 9.23 Å². The smallest absolute Gasteiger partial charge is 0.0823 e. The summed E-state index contributed by atoms with van der Waals surface area (Å²) in [5.41, 5.74) is 4.29. The molecule has 1 aromatic carbocycles.